The van der Waals surface area contributed by atoms with E-state index in [0.717, 1.165) is 48.1 Å². The van der Waals surface area contributed by atoms with Crippen molar-refractivity contribution in [3.8, 4) is 23.0 Å². The Morgan fingerprint density at radius 2 is 2.05 bits per heavy atom. The van der Waals surface area contributed by atoms with Gasteiger partial charge < -0.3 is 19.5 Å². The minimum absolute atomic E-state index is 0.0214. The lowest BCUT2D eigenvalue weighted by atomic mass is 9.86. The summed E-state index contributed by atoms with van der Waals surface area (Å²) in [5, 5.41) is 3.60. The highest BCUT2D eigenvalue weighted by Gasteiger charge is 2.50. The number of nitrogens with one attached hydrogen (secondary N) is 1. The molecule has 1 saturated heterocycles. The van der Waals surface area contributed by atoms with Gasteiger partial charge in [-0.15, -0.1) is 0 Å². The van der Waals surface area contributed by atoms with Crippen LogP contribution in [0.3, 0.4) is 0 Å². The molecular weight excluding hydrogens is 490 g/mol. The number of nitrogens with zero attached hydrogens (tertiary/aromatic N) is 2. The SMILES string of the molecule is C=C1CN(CCCOc2cc3nccc(Oc4ccc5c(c4)C=CCC5C(=O)NC)c3cc2OC)CC12CC2. The normalized spacial score (nSPS) is 19.2. The molecular formula is C32H35N3O4. The molecule has 1 aliphatic heterocycles. The molecule has 39 heavy (non-hydrogen) atoms. The molecule has 202 valence electrons. The minimum Gasteiger partial charge on any atom is -0.493 e. The van der Waals surface area contributed by atoms with Crippen molar-refractivity contribution in [2.45, 2.75) is 31.6 Å². The molecule has 0 radical (unpaired) electrons. The fourth-order valence-electron chi connectivity index (χ4n) is 5.90. The molecule has 1 saturated carbocycles. The van der Waals surface area contributed by atoms with Crippen LogP contribution in [-0.2, 0) is 4.79 Å². The quantitative estimate of drug-likeness (QED) is 0.285. The van der Waals surface area contributed by atoms with Crippen LogP contribution in [0.25, 0.3) is 17.0 Å². The summed E-state index contributed by atoms with van der Waals surface area (Å²) in [6.45, 7) is 8.06. The first-order chi connectivity index (χ1) is 19.0. The fourth-order valence-corrected chi connectivity index (χ4v) is 5.90. The molecule has 7 nitrogen and oxygen atoms in total. The number of hydrogen-bond donors (Lipinski definition) is 1. The van der Waals surface area contributed by atoms with Crippen molar-refractivity contribution in [1.29, 1.82) is 0 Å². The molecule has 2 aromatic carbocycles. The molecule has 3 aliphatic rings. The van der Waals surface area contributed by atoms with Crippen LogP contribution < -0.4 is 19.5 Å². The van der Waals surface area contributed by atoms with E-state index >= 15 is 0 Å². The third kappa shape index (κ3) is 4.99. The second-order valence-corrected chi connectivity index (χ2v) is 10.8. The number of rotatable bonds is 9. The van der Waals surface area contributed by atoms with Crippen LogP contribution in [0.4, 0.5) is 0 Å². The number of allylic oxidation sites excluding steroid dienone is 1. The monoisotopic (exact) mass is 525 g/mol. The molecule has 7 heteroatoms. The maximum atomic E-state index is 12.3. The Kier molecular flexibility index (Phi) is 6.77. The van der Waals surface area contributed by atoms with Gasteiger partial charge in [-0.2, -0.15) is 0 Å². The van der Waals surface area contributed by atoms with Gasteiger partial charge in [0.25, 0.3) is 0 Å². The molecule has 1 N–H and O–H groups in total. The predicted octanol–water partition coefficient (Wildman–Crippen LogP) is 5.70. The zero-order valence-electron chi connectivity index (χ0n) is 22.7. The number of hydrogen-bond acceptors (Lipinski definition) is 6. The first-order valence-corrected chi connectivity index (χ1v) is 13.7. The topological polar surface area (TPSA) is 72.9 Å². The lowest BCUT2D eigenvalue weighted by molar-refractivity contribution is -0.122. The number of carbonyl (C=O) groups excluding carboxylic acids is 1. The molecule has 0 bridgehead atoms. The highest BCUT2D eigenvalue weighted by atomic mass is 16.5. The maximum Gasteiger partial charge on any atom is 0.227 e. The number of ether oxygens (including phenoxy) is 3. The Hall–Kier alpha value is -3.84. The van der Waals surface area contributed by atoms with E-state index in [1.807, 2.05) is 48.6 Å². The smallest absolute Gasteiger partial charge is 0.227 e. The zero-order chi connectivity index (χ0) is 27.0. The molecule has 1 spiro atoms. The summed E-state index contributed by atoms with van der Waals surface area (Å²) in [7, 11) is 3.32. The van der Waals surface area contributed by atoms with E-state index in [9.17, 15) is 4.79 Å². The van der Waals surface area contributed by atoms with Gasteiger partial charge in [0.05, 0.1) is 25.2 Å². The van der Waals surface area contributed by atoms with Crippen LogP contribution in [0.1, 0.15) is 42.7 Å². The summed E-state index contributed by atoms with van der Waals surface area (Å²) in [4.78, 5) is 19.4. The van der Waals surface area contributed by atoms with Crippen molar-refractivity contribution < 1.29 is 19.0 Å². The van der Waals surface area contributed by atoms with Gasteiger partial charge in [-0.3, -0.25) is 14.7 Å². The van der Waals surface area contributed by atoms with E-state index in [4.69, 9.17) is 14.2 Å². The lowest BCUT2D eigenvalue weighted by Crippen LogP contribution is -2.26. The number of pyridine rings is 1. The molecule has 1 amide bonds. The first-order valence-electron chi connectivity index (χ1n) is 13.7. The number of methoxy groups -OCH3 is 1. The van der Waals surface area contributed by atoms with Crippen LogP contribution in [0, 0.1) is 5.41 Å². The van der Waals surface area contributed by atoms with Gasteiger partial charge in [0.2, 0.25) is 5.91 Å². The first kappa shape index (κ1) is 25.4. The van der Waals surface area contributed by atoms with E-state index in [1.165, 1.54) is 18.4 Å². The molecule has 2 aliphatic carbocycles. The molecule has 6 rings (SSSR count). The van der Waals surface area contributed by atoms with E-state index in [-0.39, 0.29) is 11.8 Å². The van der Waals surface area contributed by atoms with Gasteiger partial charge in [0.15, 0.2) is 11.5 Å². The van der Waals surface area contributed by atoms with Crippen LogP contribution in [-0.4, -0.2) is 56.2 Å². The molecule has 1 unspecified atom stereocenters. The van der Waals surface area contributed by atoms with E-state index in [1.54, 1.807) is 20.4 Å². The summed E-state index contributed by atoms with van der Waals surface area (Å²) in [6.07, 6.45) is 10.0. The lowest BCUT2D eigenvalue weighted by Gasteiger charge is -2.21. The van der Waals surface area contributed by atoms with E-state index in [2.05, 4.69) is 21.8 Å². The Morgan fingerprint density at radius 1 is 1.18 bits per heavy atom. The molecule has 1 atom stereocenters. The predicted molar refractivity (Wildman–Crippen MR) is 153 cm³/mol. The number of amides is 1. The van der Waals surface area contributed by atoms with Crippen molar-refractivity contribution in [2.24, 2.45) is 5.41 Å². The second-order valence-electron chi connectivity index (χ2n) is 10.8. The van der Waals surface area contributed by atoms with E-state index < -0.39 is 0 Å². The molecule has 3 aromatic rings. The summed E-state index contributed by atoms with van der Waals surface area (Å²) in [6, 6.07) is 11.6. The summed E-state index contributed by atoms with van der Waals surface area (Å²) < 4.78 is 18.2. The van der Waals surface area contributed by atoms with Gasteiger partial charge in [-0.1, -0.05) is 30.4 Å². The number of likely N-dealkylation sites (N-methyl/N-ethyl adjacent to an activating group) is 1. The second kappa shape index (κ2) is 10.4. The number of carbonyl (C=O) groups is 1. The summed E-state index contributed by atoms with van der Waals surface area (Å²) in [5.41, 5.74) is 4.60. The van der Waals surface area contributed by atoms with Crippen LogP contribution >= 0.6 is 0 Å². The minimum atomic E-state index is -0.182. The highest BCUT2D eigenvalue weighted by molar-refractivity contribution is 5.89. The zero-order valence-corrected chi connectivity index (χ0v) is 22.7. The van der Waals surface area contributed by atoms with Gasteiger partial charge in [-0.05, 0) is 61.1 Å². The van der Waals surface area contributed by atoms with Gasteiger partial charge in [0, 0.05) is 49.7 Å². The van der Waals surface area contributed by atoms with Gasteiger partial charge in [0.1, 0.15) is 11.5 Å². The molecule has 2 fully saturated rings. The van der Waals surface area contributed by atoms with Crippen LogP contribution in [0.15, 0.2) is 60.8 Å². The van der Waals surface area contributed by atoms with Crippen LogP contribution in [0.2, 0.25) is 0 Å². The number of likely N-dealkylation sites (tertiary alicyclic amines) is 1. The number of benzene rings is 2. The van der Waals surface area contributed by atoms with Crippen molar-refractivity contribution in [2.75, 3.05) is 40.4 Å². The fraction of sp³-hybridized carbons (Fsp3) is 0.375. The standard InChI is InChI=1S/C32H35N3O4/c1-21-19-35(20-32(21)11-12-32)14-5-15-38-30-18-27-26(17-29(30)37-3)28(10-13-34-27)39-23-8-9-24-22(16-23)6-4-7-25(24)31(36)33-2/h4,6,8-10,13,16-18,25H,1,5,7,11-12,14-15,19-20H2,2-3H3,(H,33,36). The average Bonchev–Trinajstić information content (AvgIpc) is 3.67. The number of aromatic nitrogens is 1. The van der Waals surface area contributed by atoms with Crippen molar-refractivity contribution in [3.05, 3.63) is 72.0 Å². The third-order valence-corrected chi connectivity index (χ3v) is 8.30. The maximum absolute atomic E-state index is 12.3. The number of fused-ring (bicyclic) bond motifs is 2. The van der Waals surface area contributed by atoms with Gasteiger partial charge in [-0.25, -0.2) is 0 Å². The Balaban J connectivity index is 1.15. The van der Waals surface area contributed by atoms with Crippen molar-refractivity contribution in [3.63, 3.8) is 0 Å². The third-order valence-electron chi connectivity index (χ3n) is 8.30. The van der Waals surface area contributed by atoms with Crippen molar-refractivity contribution >= 4 is 22.9 Å². The molecule has 1 aromatic heterocycles. The largest absolute Gasteiger partial charge is 0.493 e. The Bertz CT molecular complexity index is 1460. The van der Waals surface area contributed by atoms with Gasteiger partial charge >= 0.3 is 0 Å². The highest BCUT2D eigenvalue weighted by Crippen LogP contribution is 2.55. The Morgan fingerprint density at radius 3 is 2.82 bits per heavy atom. The Labute approximate surface area is 229 Å². The van der Waals surface area contributed by atoms with Crippen LogP contribution in [0.5, 0.6) is 23.0 Å². The summed E-state index contributed by atoms with van der Waals surface area (Å²) in [5.74, 6) is 2.54. The van der Waals surface area contributed by atoms with E-state index in [0.29, 0.717) is 41.4 Å². The average molecular weight is 526 g/mol. The van der Waals surface area contributed by atoms with Crippen molar-refractivity contribution in [1.82, 2.24) is 15.2 Å². The summed E-state index contributed by atoms with van der Waals surface area (Å²) >= 11 is 0. The molecule has 2 heterocycles.